The lowest BCUT2D eigenvalue weighted by Gasteiger charge is -2.07. The first kappa shape index (κ1) is 14.0. The van der Waals surface area contributed by atoms with Crippen molar-refractivity contribution < 1.29 is 9.72 Å². The molecule has 1 aliphatic rings. The number of nitriles is 1. The molecule has 1 saturated carbocycles. The number of nitrogens with zero attached hydrogens (tertiary/aromatic N) is 2. The van der Waals surface area contributed by atoms with Crippen LogP contribution < -0.4 is 10.6 Å². The van der Waals surface area contributed by atoms with Gasteiger partial charge in [0, 0.05) is 12.1 Å². The summed E-state index contributed by atoms with van der Waals surface area (Å²) in [7, 11) is 0. The fourth-order valence-corrected chi connectivity index (χ4v) is 1.75. The van der Waals surface area contributed by atoms with Gasteiger partial charge < -0.3 is 10.6 Å². The molecule has 1 amide bonds. The number of rotatable bonds is 6. The molecule has 1 aliphatic carbocycles. The van der Waals surface area contributed by atoms with Crippen LogP contribution in [0.25, 0.3) is 0 Å². The Bertz CT molecular complexity index is 575. The Morgan fingerprint density at radius 3 is 2.85 bits per heavy atom. The molecule has 1 aromatic rings. The average Bonchev–Trinajstić information content (AvgIpc) is 3.23. The Kier molecular flexibility index (Phi) is 4.27. The first-order valence-electron chi connectivity index (χ1n) is 6.29. The van der Waals surface area contributed by atoms with Crippen LogP contribution in [0.5, 0.6) is 0 Å². The number of amides is 1. The van der Waals surface area contributed by atoms with Crippen LogP contribution in [-0.4, -0.2) is 23.9 Å². The maximum Gasteiger partial charge on any atom is 0.270 e. The van der Waals surface area contributed by atoms with Crippen molar-refractivity contribution >= 4 is 17.3 Å². The van der Waals surface area contributed by atoms with Gasteiger partial charge >= 0.3 is 0 Å². The van der Waals surface area contributed by atoms with Crippen LogP contribution in [0.4, 0.5) is 11.4 Å². The Morgan fingerprint density at radius 1 is 1.50 bits per heavy atom. The molecule has 0 aromatic heterocycles. The van der Waals surface area contributed by atoms with Crippen LogP contribution in [0, 0.1) is 27.4 Å². The maximum absolute atomic E-state index is 11.7. The minimum atomic E-state index is -0.580. The van der Waals surface area contributed by atoms with Gasteiger partial charge in [-0.15, -0.1) is 0 Å². The van der Waals surface area contributed by atoms with Gasteiger partial charge in [-0.25, -0.2) is 0 Å². The van der Waals surface area contributed by atoms with Crippen LogP contribution in [0.1, 0.15) is 18.4 Å². The van der Waals surface area contributed by atoms with Crippen molar-refractivity contribution in [3.8, 4) is 6.07 Å². The van der Waals surface area contributed by atoms with Crippen LogP contribution in [-0.2, 0) is 4.79 Å². The van der Waals surface area contributed by atoms with Gasteiger partial charge in [-0.1, -0.05) is 0 Å². The predicted octanol–water partition coefficient (Wildman–Crippen LogP) is 1.40. The standard InChI is InChI=1S/C13H14N4O3/c14-6-10-5-11(17(19)20)3-4-12(10)16-13(18)8-15-7-9-1-2-9/h3-5,9,15H,1-2,7-8H2,(H,16,18). The molecule has 0 saturated heterocycles. The number of hydrogen-bond donors (Lipinski definition) is 2. The van der Waals surface area contributed by atoms with Crippen molar-refractivity contribution in [3.63, 3.8) is 0 Å². The number of benzene rings is 1. The highest BCUT2D eigenvalue weighted by molar-refractivity contribution is 5.93. The molecule has 0 bridgehead atoms. The lowest BCUT2D eigenvalue weighted by atomic mass is 10.1. The highest BCUT2D eigenvalue weighted by Crippen LogP contribution is 2.27. The zero-order valence-electron chi connectivity index (χ0n) is 10.8. The zero-order chi connectivity index (χ0) is 14.5. The molecule has 0 heterocycles. The van der Waals surface area contributed by atoms with Crippen molar-refractivity contribution in [3.05, 3.63) is 33.9 Å². The van der Waals surface area contributed by atoms with E-state index in [2.05, 4.69) is 10.6 Å². The van der Waals surface area contributed by atoms with Gasteiger partial charge in [0.25, 0.3) is 5.69 Å². The molecule has 2 rings (SSSR count). The number of non-ortho nitro benzene ring substituents is 1. The number of hydrogen-bond acceptors (Lipinski definition) is 5. The second-order valence-corrected chi connectivity index (χ2v) is 4.72. The summed E-state index contributed by atoms with van der Waals surface area (Å²) in [6.07, 6.45) is 2.41. The van der Waals surface area contributed by atoms with Gasteiger partial charge in [-0.3, -0.25) is 14.9 Å². The summed E-state index contributed by atoms with van der Waals surface area (Å²) in [6, 6.07) is 5.62. The van der Waals surface area contributed by atoms with Gasteiger partial charge in [0.2, 0.25) is 5.91 Å². The van der Waals surface area contributed by atoms with Crippen LogP contribution in [0.2, 0.25) is 0 Å². The Labute approximate surface area is 115 Å². The van der Waals surface area contributed by atoms with E-state index in [0.717, 1.165) is 12.6 Å². The fourth-order valence-electron chi connectivity index (χ4n) is 1.75. The normalized spacial score (nSPS) is 13.6. The Balaban J connectivity index is 1.95. The smallest absolute Gasteiger partial charge is 0.270 e. The molecular weight excluding hydrogens is 260 g/mol. The van der Waals surface area contributed by atoms with Gasteiger partial charge in [0.1, 0.15) is 6.07 Å². The number of anilines is 1. The molecule has 1 fully saturated rings. The summed E-state index contributed by atoms with van der Waals surface area (Å²) in [4.78, 5) is 21.7. The maximum atomic E-state index is 11.7. The number of nitrogens with one attached hydrogen (secondary N) is 2. The molecule has 7 nitrogen and oxygen atoms in total. The highest BCUT2D eigenvalue weighted by Gasteiger charge is 2.20. The quantitative estimate of drug-likeness (QED) is 0.602. The van der Waals surface area contributed by atoms with E-state index >= 15 is 0 Å². The van der Waals surface area contributed by atoms with Gasteiger partial charge in [-0.05, 0) is 31.4 Å². The molecule has 20 heavy (non-hydrogen) atoms. The van der Waals surface area contributed by atoms with E-state index < -0.39 is 4.92 Å². The summed E-state index contributed by atoms with van der Waals surface area (Å²) >= 11 is 0. The minimum Gasteiger partial charge on any atom is -0.324 e. The summed E-state index contributed by atoms with van der Waals surface area (Å²) in [5, 5.41) is 25.2. The van der Waals surface area contributed by atoms with Crippen molar-refractivity contribution in [1.29, 1.82) is 5.26 Å². The summed E-state index contributed by atoms with van der Waals surface area (Å²) < 4.78 is 0. The van der Waals surface area contributed by atoms with Gasteiger partial charge in [0.05, 0.1) is 22.7 Å². The van der Waals surface area contributed by atoms with Crippen molar-refractivity contribution in [2.24, 2.45) is 5.92 Å². The number of nitro groups is 1. The Morgan fingerprint density at radius 2 is 2.25 bits per heavy atom. The number of carbonyl (C=O) groups excluding carboxylic acids is 1. The van der Waals surface area contributed by atoms with Crippen molar-refractivity contribution in [1.82, 2.24) is 5.32 Å². The fraction of sp³-hybridized carbons (Fsp3) is 0.385. The van der Waals surface area contributed by atoms with E-state index in [4.69, 9.17) is 5.26 Å². The van der Waals surface area contributed by atoms with E-state index in [0.29, 0.717) is 5.92 Å². The molecule has 0 aliphatic heterocycles. The summed E-state index contributed by atoms with van der Waals surface area (Å²) in [5.41, 5.74) is 0.192. The van der Waals surface area contributed by atoms with Gasteiger partial charge in [0.15, 0.2) is 0 Å². The van der Waals surface area contributed by atoms with E-state index in [9.17, 15) is 14.9 Å². The molecule has 0 unspecified atom stereocenters. The molecule has 1 aromatic carbocycles. The molecule has 0 atom stereocenters. The SMILES string of the molecule is N#Cc1cc([N+](=O)[O-])ccc1NC(=O)CNCC1CC1. The molecule has 104 valence electrons. The van der Waals surface area contributed by atoms with Gasteiger partial charge in [-0.2, -0.15) is 5.26 Å². The lowest BCUT2D eigenvalue weighted by Crippen LogP contribution is -2.29. The third-order valence-electron chi connectivity index (χ3n) is 3.02. The first-order valence-corrected chi connectivity index (χ1v) is 6.29. The molecule has 2 N–H and O–H groups in total. The Hall–Kier alpha value is -2.46. The van der Waals surface area contributed by atoms with Crippen LogP contribution in [0.3, 0.4) is 0 Å². The predicted molar refractivity (Wildman–Crippen MR) is 72.0 cm³/mol. The highest BCUT2D eigenvalue weighted by atomic mass is 16.6. The zero-order valence-corrected chi connectivity index (χ0v) is 10.8. The summed E-state index contributed by atoms with van der Waals surface area (Å²) in [5.74, 6) is 0.410. The minimum absolute atomic E-state index is 0.0785. The third kappa shape index (κ3) is 3.76. The van der Waals surface area contributed by atoms with E-state index in [1.165, 1.54) is 25.0 Å². The van der Waals surface area contributed by atoms with E-state index in [1.54, 1.807) is 0 Å². The number of nitro benzene ring substituents is 1. The molecule has 7 heteroatoms. The second-order valence-electron chi connectivity index (χ2n) is 4.72. The third-order valence-corrected chi connectivity index (χ3v) is 3.02. The van der Waals surface area contributed by atoms with Crippen molar-refractivity contribution in [2.75, 3.05) is 18.4 Å². The van der Waals surface area contributed by atoms with Crippen LogP contribution >= 0.6 is 0 Å². The average molecular weight is 274 g/mol. The monoisotopic (exact) mass is 274 g/mol. The molecule has 0 radical (unpaired) electrons. The topological polar surface area (TPSA) is 108 Å². The lowest BCUT2D eigenvalue weighted by molar-refractivity contribution is -0.384. The molecule has 0 spiro atoms. The first-order chi connectivity index (χ1) is 9.60. The number of carbonyl (C=O) groups is 1. The van der Waals surface area contributed by atoms with E-state index in [-0.39, 0.29) is 29.4 Å². The van der Waals surface area contributed by atoms with E-state index in [1.807, 2.05) is 6.07 Å². The second kappa shape index (κ2) is 6.12. The van der Waals surface area contributed by atoms with Crippen LogP contribution in [0.15, 0.2) is 18.2 Å². The molecular formula is C13H14N4O3. The van der Waals surface area contributed by atoms with Crippen molar-refractivity contribution in [2.45, 2.75) is 12.8 Å². The summed E-state index contributed by atoms with van der Waals surface area (Å²) in [6.45, 7) is 0.983. The largest absolute Gasteiger partial charge is 0.324 e.